The molecule has 1 aliphatic carbocycles. The van der Waals surface area contributed by atoms with Gasteiger partial charge in [0.15, 0.2) is 0 Å². The van der Waals surface area contributed by atoms with E-state index in [0.29, 0.717) is 6.61 Å². The lowest BCUT2D eigenvalue weighted by molar-refractivity contribution is -0.142. The predicted octanol–water partition coefficient (Wildman–Crippen LogP) is 1.83. The van der Waals surface area contributed by atoms with Crippen LogP contribution in [0.5, 0.6) is 0 Å². The third kappa shape index (κ3) is 6.46. The Morgan fingerprint density at radius 2 is 1.86 bits per heavy atom. The maximum atomic E-state index is 10.2. The van der Waals surface area contributed by atoms with E-state index in [1.807, 2.05) is 0 Å². The summed E-state index contributed by atoms with van der Waals surface area (Å²) in [5.41, 5.74) is 0. The summed E-state index contributed by atoms with van der Waals surface area (Å²) in [7, 11) is 0. The summed E-state index contributed by atoms with van der Waals surface area (Å²) in [6.45, 7) is 3.65. The molecule has 0 atom stereocenters. The maximum Gasteiger partial charge on any atom is 0.306 e. The molecule has 1 aliphatic rings. The first-order chi connectivity index (χ1) is 6.57. The standard InChI is InChI=1S/C6H10O2.C4H8O2/c7-6(8)5-3-1-2-4-5;1-3-6-4(2)5/h5H,1-4H2,(H,7,8);3H2,1-2H3. The van der Waals surface area contributed by atoms with E-state index in [2.05, 4.69) is 4.74 Å². The van der Waals surface area contributed by atoms with Crippen molar-refractivity contribution in [2.24, 2.45) is 5.92 Å². The zero-order valence-corrected chi connectivity index (χ0v) is 8.78. The number of aliphatic carboxylic acids is 1. The zero-order valence-electron chi connectivity index (χ0n) is 8.78. The van der Waals surface area contributed by atoms with Gasteiger partial charge < -0.3 is 9.84 Å². The summed E-state index contributed by atoms with van der Waals surface area (Å²) < 4.78 is 4.40. The van der Waals surface area contributed by atoms with Gasteiger partial charge >= 0.3 is 11.9 Å². The highest BCUT2D eigenvalue weighted by Crippen LogP contribution is 2.24. The Kier molecular flexibility index (Phi) is 6.80. The van der Waals surface area contributed by atoms with Gasteiger partial charge in [0, 0.05) is 6.92 Å². The van der Waals surface area contributed by atoms with Gasteiger partial charge in [-0.1, -0.05) is 12.8 Å². The van der Waals surface area contributed by atoms with Crippen LogP contribution in [0.1, 0.15) is 39.5 Å². The number of carbonyl (C=O) groups excluding carboxylic acids is 1. The number of rotatable bonds is 2. The minimum Gasteiger partial charge on any atom is -0.481 e. The lowest BCUT2D eigenvalue weighted by atomic mass is 10.1. The Morgan fingerprint density at radius 3 is 2.00 bits per heavy atom. The first-order valence-corrected chi connectivity index (χ1v) is 4.94. The molecule has 1 saturated carbocycles. The van der Waals surface area contributed by atoms with Crippen LogP contribution >= 0.6 is 0 Å². The summed E-state index contributed by atoms with van der Waals surface area (Å²) >= 11 is 0. The second-order valence-electron chi connectivity index (χ2n) is 3.24. The van der Waals surface area contributed by atoms with Crippen molar-refractivity contribution in [2.75, 3.05) is 6.61 Å². The van der Waals surface area contributed by atoms with Crippen molar-refractivity contribution in [3.63, 3.8) is 0 Å². The van der Waals surface area contributed by atoms with Gasteiger partial charge in [-0.2, -0.15) is 0 Å². The number of carboxylic acids is 1. The van der Waals surface area contributed by atoms with Crippen molar-refractivity contribution >= 4 is 11.9 Å². The monoisotopic (exact) mass is 202 g/mol. The molecule has 0 spiro atoms. The molecule has 0 saturated heterocycles. The van der Waals surface area contributed by atoms with Crippen molar-refractivity contribution in [3.05, 3.63) is 0 Å². The lowest BCUT2D eigenvalue weighted by Gasteiger charge is -1.97. The minimum absolute atomic E-state index is 0.0185. The molecule has 82 valence electrons. The van der Waals surface area contributed by atoms with Gasteiger partial charge in [0.25, 0.3) is 0 Å². The van der Waals surface area contributed by atoms with E-state index in [-0.39, 0.29) is 11.9 Å². The van der Waals surface area contributed by atoms with Crippen LogP contribution < -0.4 is 0 Å². The molecule has 0 aromatic carbocycles. The van der Waals surface area contributed by atoms with Crippen LogP contribution in [0.2, 0.25) is 0 Å². The Bertz CT molecular complexity index is 183. The fraction of sp³-hybridized carbons (Fsp3) is 0.800. The number of ether oxygens (including phenoxy) is 1. The third-order valence-electron chi connectivity index (χ3n) is 2.05. The molecule has 0 heterocycles. The molecule has 1 N–H and O–H groups in total. The molecule has 14 heavy (non-hydrogen) atoms. The van der Waals surface area contributed by atoms with Crippen molar-refractivity contribution in [1.29, 1.82) is 0 Å². The Balaban J connectivity index is 0.000000255. The van der Waals surface area contributed by atoms with E-state index in [1.165, 1.54) is 6.92 Å². The van der Waals surface area contributed by atoms with Crippen LogP contribution in [-0.2, 0) is 14.3 Å². The van der Waals surface area contributed by atoms with Crippen molar-refractivity contribution in [3.8, 4) is 0 Å². The molecule has 4 nitrogen and oxygen atoms in total. The van der Waals surface area contributed by atoms with Gasteiger partial charge in [0.05, 0.1) is 12.5 Å². The summed E-state index contributed by atoms with van der Waals surface area (Å²) in [6.07, 6.45) is 4.01. The Hall–Kier alpha value is -1.06. The highest BCUT2D eigenvalue weighted by Gasteiger charge is 2.20. The van der Waals surface area contributed by atoms with E-state index in [9.17, 15) is 9.59 Å². The first-order valence-electron chi connectivity index (χ1n) is 4.94. The summed E-state index contributed by atoms with van der Waals surface area (Å²) in [4.78, 5) is 20.0. The van der Waals surface area contributed by atoms with Crippen LogP contribution in [0.15, 0.2) is 0 Å². The van der Waals surface area contributed by atoms with Crippen LogP contribution in [-0.4, -0.2) is 23.7 Å². The van der Waals surface area contributed by atoms with Crippen LogP contribution in [0.25, 0.3) is 0 Å². The van der Waals surface area contributed by atoms with Crippen molar-refractivity contribution < 1.29 is 19.4 Å². The second-order valence-corrected chi connectivity index (χ2v) is 3.24. The molecule has 0 radical (unpaired) electrons. The number of carbonyl (C=O) groups is 2. The number of hydrogen-bond donors (Lipinski definition) is 1. The van der Waals surface area contributed by atoms with Crippen LogP contribution in [0.4, 0.5) is 0 Å². The van der Waals surface area contributed by atoms with Gasteiger partial charge in [0.2, 0.25) is 0 Å². The molecule has 0 unspecified atom stereocenters. The average Bonchev–Trinajstić information content (AvgIpc) is 2.56. The van der Waals surface area contributed by atoms with E-state index in [0.717, 1.165) is 25.7 Å². The van der Waals surface area contributed by atoms with E-state index in [4.69, 9.17) is 5.11 Å². The molecule has 1 rings (SSSR count). The molecule has 0 amide bonds. The maximum absolute atomic E-state index is 10.2. The third-order valence-corrected chi connectivity index (χ3v) is 2.05. The molecular weight excluding hydrogens is 184 g/mol. The van der Waals surface area contributed by atoms with E-state index < -0.39 is 5.97 Å². The number of esters is 1. The van der Waals surface area contributed by atoms with Gasteiger partial charge in [-0.25, -0.2) is 0 Å². The van der Waals surface area contributed by atoms with Gasteiger partial charge in [-0.3, -0.25) is 9.59 Å². The highest BCUT2D eigenvalue weighted by atomic mass is 16.5. The summed E-state index contributed by atoms with van der Waals surface area (Å²) in [6, 6.07) is 0. The molecule has 0 aliphatic heterocycles. The number of hydrogen-bond acceptors (Lipinski definition) is 3. The fourth-order valence-electron chi connectivity index (χ4n) is 1.38. The molecule has 0 aromatic heterocycles. The first kappa shape index (κ1) is 12.9. The predicted molar refractivity (Wildman–Crippen MR) is 51.9 cm³/mol. The van der Waals surface area contributed by atoms with Crippen molar-refractivity contribution in [2.45, 2.75) is 39.5 Å². The average molecular weight is 202 g/mol. The smallest absolute Gasteiger partial charge is 0.306 e. The Morgan fingerprint density at radius 1 is 1.36 bits per heavy atom. The van der Waals surface area contributed by atoms with E-state index >= 15 is 0 Å². The zero-order chi connectivity index (χ0) is 11.0. The summed E-state index contributed by atoms with van der Waals surface area (Å²) in [5, 5.41) is 8.41. The minimum atomic E-state index is -0.609. The highest BCUT2D eigenvalue weighted by molar-refractivity contribution is 5.70. The van der Waals surface area contributed by atoms with Gasteiger partial charge in [-0.05, 0) is 19.8 Å². The second kappa shape index (κ2) is 7.35. The normalized spacial score (nSPS) is 15.6. The number of carboxylic acid groups (broad SMARTS) is 1. The van der Waals surface area contributed by atoms with Crippen molar-refractivity contribution in [1.82, 2.24) is 0 Å². The van der Waals surface area contributed by atoms with Crippen LogP contribution in [0, 0.1) is 5.92 Å². The fourth-order valence-corrected chi connectivity index (χ4v) is 1.38. The van der Waals surface area contributed by atoms with Gasteiger partial charge in [0.1, 0.15) is 0 Å². The molecule has 4 heteroatoms. The largest absolute Gasteiger partial charge is 0.481 e. The Labute approximate surface area is 84.3 Å². The van der Waals surface area contributed by atoms with Gasteiger partial charge in [-0.15, -0.1) is 0 Å². The summed E-state index contributed by atoms with van der Waals surface area (Å²) in [5.74, 6) is -0.838. The SMILES string of the molecule is CCOC(C)=O.O=C(O)C1CCCC1. The quantitative estimate of drug-likeness (QED) is 0.694. The topological polar surface area (TPSA) is 63.6 Å². The molecular formula is C10H18O4. The lowest BCUT2D eigenvalue weighted by Crippen LogP contribution is -2.07. The van der Waals surface area contributed by atoms with E-state index in [1.54, 1.807) is 6.92 Å². The molecule has 1 fully saturated rings. The van der Waals surface area contributed by atoms with Crippen LogP contribution in [0.3, 0.4) is 0 Å². The molecule has 0 aromatic rings. The molecule has 0 bridgehead atoms.